The molecule has 0 rings (SSSR count). The summed E-state index contributed by atoms with van der Waals surface area (Å²) in [6.07, 6.45) is 0. The molecule has 0 spiro atoms. The van der Waals surface area contributed by atoms with Crippen molar-refractivity contribution < 1.29 is 24.3 Å². The number of hydrogen-bond acceptors (Lipinski definition) is 2. The minimum absolute atomic E-state index is 0.961. The van der Waals surface area contributed by atoms with Crippen molar-refractivity contribution in [2.24, 2.45) is 0 Å². The van der Waals surface area contributed by atoms with E-state index in [1.54, 1.807) is 0 Å². The lowest BCUT2D eigenvalue weighted by atomic mass is 10.5. The number of carbonyl (C=O) groups is 1. The van der Waals surface area contributed by atoms with E-state index in [2.05, 4.69) is 0 Å². The highest BCUT2D eigenvalue weighted by molar-refractivity contribution is 7.53. The minimum Gasteiger partial charge on any atom is -0.481 e. The Hall–Kier alpha value is -0.380. The lowest BCUT2D eigenvalue weighted by Gasteiger charge is -2.06. The summed E-state index contributed by atoms with van der Waals surface area (Å²) in [6, 6.07) is 0. The van der Waals surface area contributed by atoms with Gasteiger partial charge < -0.3 is 14.9 Å². The van der Waals surface area contributed by atoms with Crippen molar-refractivity contribution in [3.63, 3.8) is 0 Å². The fraction of sp³-hybridized carbons (Fsp3) is 0.667. The van der Waals surface area contributed by atoms with Crippen molar-refractivity contribution >= 4 is 13.6 Å². The second-order valence-corrected chi connectivity index (χ2v) is 3.56. The Balaban J connectivity index is 4.23. The molecule has 0 aromatic carbocycles. The molecule has 5 nitrogen and oxygen atoms in total. The van der Waals surface area contributed by atoms with Gasteiger partial charge in [-0.2, -0.15) is 0 Å². The first-order valence-corrected chi connectivity index (χ1v) is 3.82. The largest absolute Gasteiger partial charge is 0.481 e. The van der Waals surface area contributed by atoms with Crippen LogP contribution in [-0.2, 0) is 9.36 Å². The van der Waals surface area contributed by atoms with Gasteiger partial charge in [0, 0.05) is 0 Å². The zero-order chi connectivity index (χ0) is 7.65. The van der Waals surface area contributed by atoms with Crippen LogP contribution in [0.5, 0.6) is 0 Å². The number of carboxylic acids is 1. The number of aliphatic carboxylic acids is 1. The van der Waals surface area contributed by atoms with Crippen LogP contribution < -0.4 is 0 Å². The van der Waals surface area contributed by atoms with Crippen molar-refractivity contribution in [1.82, 2.24) is 0 Å². The SMILES string of the molecule is C[C@@H](C(=O)O)P(=O)(O)O. The summed E-state index contributed by atoms with van der Waals surface area (Å²) in [4.78, 5) is 26.2. The second kappa shape index (κ2) is 2.47. The maximum atomic E-state index is 10.1. The molecule has 0 heterocycles. The van der Waals surface area contributed by atoms with Crippen molar-refractivity contribution in [2.45, 2.75) is 12.6 Å². The molecule has 0 aromatic rings. The Morgan fingerprint density at radius 1 is 1.56 bits per heavy atom. The molecule has 0 amide bonds. The predicted octanol–water partition coefficient (Wildman–Crippen LogP) is -0.363. The molecule has 0 aliphatic carbocycles. The predicted molar refractivity (Wildman–Crippen MR) is 29.1 cm³/mol. The van der Waals surface area contributed by atoms with Crippen LogP contribution in [0.3, 0.4) is 0 Å². The summed E-state index contributed by atoms with van der Waals surface area (Å²) in [5, 5.41) is 8.03. The van der Waals surface area contributed by atoms with E-state index in [0.29, 0.717) is 0 Å². The van der Waals surface area contributed by atoms with Crippen LogP contribution in [-0.4, -0.2) is 26.5 Å². The van der Waals surface area contributed by atoms with E-state index >= 15 is 0 Å². The topological polar surface area (TPSA) is 94.8 Å². The van der Waals surface area contributed by atoms with E-state index in [1.165, 1.54) is 0 Å². The maximum absolute atomic E-state index is 10.1. The lowest BCUT2D eigenvalue weighted by molar-refractivity contribution is -0.136. The van der Waals surface area contributed by atoms with E-state index in [9.17, 15) is 9.36 Å². The molecule has 0 bridgehead atoms. The first-order chi connectivity index (χ1) is 3.85. The molecule has 1 atom stereocenters. The lowest BCUT2D eigenvalue weighted by Crippen LogP contribution is -2.15. The quantitative estimate of drug-likeness (QED) is 0.472. The van der Waals surface area contributed by atoms with Crippen LogP contribution in [0.4, 0.5) is 0 Å². The number of carboxylic acid groups (broad SMARTS) is 1. The smallest absolute Gasteiger partial charge is 0.339 e. The molecule has 9 heavy (non-hydrogen) atoms. The fourth-order valence-electron chi connectivity index (χ4n) is 0.144. The molecule has 6 heteroatoms. The minimum atomic E-state index is -4.41. The Kier molecular flexibility index (Phi) is 2.37. The summed E-state index contributed by atoms with van der Waals surface area (Å²) in [5.41, 5.74) is -1.60. The third kappa shape index (κ3) is 2.60. The molecule has 3 N–H and O–H groups in total. The molecule has 0 aliphatic rings. The summed E-state index contributed by atoms with van der Waals surface area (Å²) >= 11 is 0. The Morgan fingerprint density at radius 2 is 1.89 bits per heavy atom. The molecule has 0 radical (unpaired) electrons. The first-order valence-electron chi connectivity index (χ1n) is 2.13. The van der Waals surface area contributed by atoms with Gasteiger partial charge in [0.1, 0.15) is 0 Å². The highest BCUT2D eigenvalue weighted by Crippen LogP contribution is 2.40. The second-order valence-electron chi connectivity index (χ2n) is 1.60. The summed E-state index contributed by atoms with van der Waals surface area (Å²) in [7, 11) is -4.41. The van der Waals surface area contributed by atoms with Gasteiger partial charge in [0.2, 0.25) is 0 Å². The fourth-order valence-corrected chi connectivity index (χ4v) is 0.432. The van der Waals surface area contributed by atoms with Crippen molar-refractivity contribution in [1.29, 1.82) is 0 Å². The molecule has 0 aromatic heterocycles. The number of hydrogen-bond donors (Lipinski definition) is 3. The van der Waals surface area contributed by atoms with Gasteiger partial charge in [0.05, 0.1) is 0 Å². The average molecular weight is 154 g/mol. The van der Waals surface area contributed by atoms with Gasteiger partial charge in [0.25, 0.3) is 0 Å². The van der Waals surface area contributed by atoms with Crippen LogP contribution in [0.15, 0.2) is 0 Å². The van der Waals surface area contributed by atoms with Gasteiger partial charge in [-0.05, 0) is 6.92 Å². The van der Waals surface area contributed by atoms with Gasteiger partial charge >= 0.3 is 13.6 Å². The molecule has 54 valence electrons. The van der Waals surface area contributed by atoms with Gasteiger partial charge in [-0.3, -0.25) is 9.36 Å². The van der Waals surface area contributed by atoms with Gasteiger partial charge in [-0.15, -0.1) is 0 Å². The van der Waals surface area contributed by atoms with Gasteiger partial charge in [0.15, 0.2) is 5.66 Å². The van der Waals surface area contributed by atoms with Crippen LogP contribution in [0.25, 0.3) is 0 Å². The first kappa shape index (κ1) is 8.62. The normalized spacial score (nSPS) is 15.0. The van der Waals surface area contributed by atoms with Crippen molar-refractivity contribution in [3.05, 3.63) is 0 Å². The Morgan fingerprint density at radius 3 is 1.89 bits per heavy atom. The third-order valence-corrected chi connectivity index (χ3v) is 2.09. The van der Waals surface area contributed by atoms with Crippen LogP contribution >= 0.6 is 7.60 Å². The molecular formula is C3H7O5P. The highest BCUT2D eigenvalue weighted by atomic mass is 31.2. The average Bonchev–Trinajstić information content (AvgIpc) is 1.62. The van der Waals surface area contributed by atoms with E-state index in [1.807, 2.05) is 0 Å². The zero-order valence-corrected chi connectivity index (χ0v) is 5.58. The molecule has 0 saturated carbocycles. The number of rotatable bonds is 2. The molecule has 0 fully saturated rings. The van der Waals surface area contributed by atoms with Gasteiger partial charge in [-0.1, -0.05) is 0 Å². The molecular weight excluding hydrogens is 147 g/mol. The van der Waals surface area contributed by atoms with E-state index in [4.69, 9.17) is 14.9 Å². The maximum Gasteiger partial charge on any atom is 0.339 e. The zero-order valence-electron chi connectivity index (χ0n) is 4.68. The summed E-state index contributed by atoms with van der Waals surface area (Å²) < 4.78 is 10.1. The van der Waals surface area contributed by atoms with E-state index < -0.39 is 19.2 Å². The monoisotopic (exact) mass is 154 g/mol. The Labute approximate surface area is 51.5 Å². The van der Waals surface area contributed by atoms with Crippen molar-refractivity contribution in [3.8, 4) is 0 Å². The van der Waals surface area contributed by atoms with Crippen LogP contribution in [0.1, 0.15) is 6.92 Å². The highest BCUT2D eigenvalue weighted by Gasteiger charge is 2.30. The molecule has 0 aliphatic heterocycles. The van der Waals surface area contributed by atoms with E-state index in [0.717, 1.165) is 6.92 Å². The summed E-state index contributed by atoms with van der Waals surface area (Å²) in [6.45, 7) is 0.961. The van der Waals surface area contributed by atoms with Crippen LogP contribution in [0, 0.1) is 0 Å². The summed E-state index contributed by atoms with van der Waals surface area (Å²) in [5.74, 6) is -1.48. The molecule has 0 saturated heterocycles. The molecule has 0 unspecified atom stereocenters. The van der Waals surface area contributed by atoms with Gasteiger partial charge in [-0.25, -0.2) is 0 Å². The van der Waals surface area contributed by atoms with Crippen molar-refractivity contribution in [2.75, 3.05) is 0 Å². The standard InChI is InChI=1S/C3H7O5P/c1-2(3(4)5)9(6,7)8/h2H,1H3,(H,4,5)(H2,6,7,8)/t2-/m0/s1. The van der Waals surface area contributed by atoms with E-state index in [-0.39, 0.29) is 0 Å². The Bertz CT molecular complexity index is 158. The third-order valence-electron chi connectivity index (χ3n) is 0.862. The van der Waals surface area contributed by atoms with Crippen LogP contribution in [0.2, 0.25) is 0 Å².